The number of hydrogen-bond acceptors (Lipinski definition) is 3. The van der Waals surface area contributed by atoms with Crippen LogP contribution in [0.25, 0.3) is 0 Å². The summed E-state index contributed by atoms with van der Waals surface area (Å²) in [6, 6.07) is 8.84. The molecule has 0 aliphatic heterocycles. The van der Waals surface area contributed by atoms with Crippen molar-refractivity contribution in [2.45, 2.75) is 20.0 Å². The molecule has 8 heteroatoms. The van der Waals surface area contributed by atoms with Crippen LogP contribution in [-0.2, 0) is 13.1 Å². The Hall–Kier alpha value is -2.31. The zero-order valence-electron chi connectivity index (χ0n) is 12.9. The molecule has 0 bridgehead atoms. The number of aromatic nitrogens is 4. The minimum Gasteiger partial charge on any atom is -0.304 e. The second-order valence-electron chi connectivity index (χ2n) is 5.13. The highest BCUT2D eigenvalue weighted by molar-refractivity contribution is 6.42. The molecule has 2 heterocycles. The quantitative estimate of drug-likeness (QED) is 0.751. The lowest BCUT2D eigenvalue weighted by Gasteiger charge is -2.05. The molecule has 0 unspecified atom stereocenters. The van der Waals surface area contributed by atoms with Crippen LogP contribution in [0.5, 0.6) is 0 Å². The summed E-state index contributed by atoms with van der Waals surface area (Å²) in [5, 5.41) is 12.2. The van der Waals surface area contributed by atoms with Crippen molar-refractivity contribution in [1.82, 2.24) is 19.6 Å². The summed E-state index contributed by atoms with van der Waals surface area (Å²) in [4.78, 5) is 12.3. The summed E-state index contributed by atoms with van der Waals surface area (Å²) in [5.41, 5.74) is 1.46. The van der Waals surface area contributed by atoms with Crippen LogP contribution in [0, 0.1) is 0 Å². The first kappa shape index (κ1) is 16.5. The van der Waals surface area contributed by atoms with Crippen LogP contribution >= 0.6 is 23.2 Å². The fourth-order valence-electron chi connectivity index (χ4n) is 2.30. The zero-order chi connectivity index (χ0) is 17.1. The predicted octanol–water partition coefficient (Wildman–Crippen LogP) is 3.71. The van der Waals surface area contributed by atoms with Crippen molar-refractivity contribution < 1.29 is 4.79 Å². The molecule has 124 valence electrons. The van der Waals surface area contributed by atoms with E-state index in [1.807, 2.05) is 13.0 Å². The van der Waals surface area contributed by atoms with Crippen LogP contribution in [0.4, 0.5) is 5.82 Å². The number of aryl methyl sites for hydroxylation is 1. The molecule has 0 atom stereocenters. The van der Waals surface area contributed by atoms with E-state index >= 15 is 0 Å². The highest BCUT2D eigenvalue weighted by Gasteiger charge is 2.12. The topological polar surface area (TPSA) is 64.7 Å². The van der Waals surface area contributed by atoms with Crippen LogP contribution in [0.3, 0.4) is 0 Å². The molecule has 0 radical (unpaired) electrons. The average Bonchev–Trinajstić information content (AvgIpc) is 3.20. The molecule has 1 aromatic carbocycles. The van der Waals surface area contributed by atoms with Crippen LogP contribution in [0.15, 0.2) is 42.7 Å². The first-order valence-corrected chi connectivity index (χ1v) is 8.13. The first-order valence-electron chi connectivity index (χ1n) is 7.37. The Morgan fingerprint density at radius 2 is 2.04 bits per heavy atom. The SMILES string of the molecule is CCn1nccc1C(=O)Nc1ccn(Cc2ccc(Cl)c(Cl)c2)n1. The maximum atomic E-state index is 12.3. The van der Waals surface area contributed by atoms with E-state index in [2.05, 4.69) is 15.5 Å². The van der Waals surface area contributed by atoms with Gasteiger partial charge in [0.1, 0.15) is 5.69 Å². The van der Waals surface area contributed by atoms with Gasteiger partial charge in [-0.05, 0) is 30.7 Å². The zero-order valence-corrected chi connectivity index (χ0v) is 14.4. The van der Waals surface area contributed by atoms with Gasteiger partial charge in [0, 0.05) is 25.0 Å². The van der Waals surface area contributed by atoms with E-state index in [4.69, 9.17) is 23.2 Å². The van der Waals surface area contributed by atoms with Gasteiger partial charge in [-0.25, -0.2) is 0 Å². The largest absolute Gasteiger partial charge is 0.304 e. The molecule has 0 aliphatic rings. The number of hydrogen-bond donors (Lipinski definition) is 1. The van der Waals surface area contributed by atoms with Crippen LogP contribution < -0.4 is 5.32 Å². The second-order valence-corrected chi connectivity index (χ2v) is 5.95. The first-order chi connectivity index (χ1) is 11.6. The molecule has 1 amide bonds. The van der Waals surface area contributed by atoms with Crippen molar-refractivity contribution in [3.63, 3.8) is 0 Å². The molecule has 3 aromatic rings. The lowest BCUT2D eigenvalue weighted by Crippen LogP contribution is -2.17. The third-order valence-electron chi connectivity index (χ3n) is 3.46. The van der Waals surface area contributed by atoms with Crippen molar-refractivity contribution >= 4 is 34.9 Å². The molecule has 6 nitrogen and oxygen atoms in total. The Labute approximate surface area is 149 Å². The Balaban J connectivity index is 1.69. The highest BCUT2D eigenvalue weighted by Crippen LogP contribution is 2.23. The van der Waals surface area contributed by atoms with E-state index < -0.39 is 0 Å². The Morgan fingerprint density at radius 3 is 2.79 bits per heavy atom. The van der Waals surface area contributed by atoms with Gasteiger partial charge in [0.25, 0.3) is 5.91 Å². The molecule has 0 aliphatic carbocycles. The number of rotatable bonds is 5. The summed E-state index contributed by atoms with van der Waals surface area (Å²) < 4.78 is 3.34. The second kappa shape index (κ2) is 7.07. The standard InChI is InChI=1S/C16H15Cl2N5O/c1-2-23-14(5-7-19-23)16(24)20-15-6-8-22(21-15)10-11-3-4-12(17)13(18)9-11/h3-9H,2,10H2,1H3,(H,20,21,24). The van der Waals surface area contributed by atoms with Gasteiger partial charge < -0.3 is 5.32 Å². The molecule has 0 saturated heterocycles. The van der Waals surface area contributed by atoms with Crippen LogP contribution in [0.2, 0.25) is 10.0 Å². The number of amides is 1. The minimum absolute atomic E-state index is 0.242. The summed E-state index contributed by atoms with van der Waals surface area (Å²) in [6.45, 7) is 3.08. The van der Waals surface area contributed by atoms with Crippen LogP contribution in [-0.4, -0.2) is 25.5 Å². The summed E-state index contributed by atoms with van der Waals surface area (Å²) >= 11 is 11.9. The van der Waals surface area contributed by atoms with Crippen molar-refractivity contribution in [2.24, 2.45) is 0 Å². The van der Waals surface area contributed by atoms with Crippen LogP contribution in [0.1, 0.15) is 23.0 Å². The summed E-state index contributed by atoms with van der Waals surface area (Å²) in [7, 11) is 0. The molecular weight excluding hydrogens is 349 g/mol. The van der Waals surface area contributed by atoms with E-state index in [9.17, 15) is 4.79 Å². The van der Waals surface area contributed by atoms with Crippen molar-refractivity contribution in [3.8, 4) is 0 Å². The van der Waals surface area contributed by atoms with E-state index in [1.54, 1.807) is 46.0 Å². The number of nitrogens with zero attached hydrogens (tertiary/aromatic N) is 4. The molecule has 3 rings (SSSR count). The van der Waals surface area contributed by atoms with Gasteiger partial charge >= 0.3 is 0 Å². The molecular formula is C16H15Cl2N5O. The number of carbonyl (C=O) groups excluding carboxylic acids is 1. The lowest BCUT2D eigenvalue weighted by atomic mass is 10.2. The van der Waals surface area contributed by atoms with Gasteiger partial charge in [-0.15, -0.1) is 0 Å². The molecule has 0 fully saturated rings. The lowest BCUT2D eigenvalue weighted by molar-refractivity contribution is 0.101. The number of benzene rings is 1. The van der Waals surface area contributed by atoms with Gasteiger partial charge in [-0.1, -0.05) is 29.3 Å². The minimum atomic E-state index is -0.242. The third kappa shape index (κ3) is 3.60. The maximum absolute atomic E-state index is 12.3. The fourth-order valence-corrected chi connectivity index (χ4v) is 2.62. The highest BCUT2D eigenvalue weighted by atomic mass is 35.5. The molecule has 0 saturated carbocycles. The summed E-state index contributed by atoms with van der Waals surface area (Å²) in [5.74, 6) is 0.234. The van der Waals surface area contributed by atoms with Gasteiger partial charge in [-0.3, -0.25) is 14.2 Å². The van der Waals surface area contributed by atoms with E-state index in [0.29, 0.717) is 34.6 Å². The van der Waals surface area contributed by atoms with E-state index in [1.165, 1.54) is 0 Å². The van der Waals surface area contributed by atoms with Crippen molar-refractivity contribution in [2.75, 3.05) is 5.32 Å². The van der Waals surface area contributed by atoms with Crippen molar-refractivity contribution in [1.29, 1.82) is 0 Å². The number of anilines is 1. The molecule has 24 heavy (non-hydrogen) atoms. The van der Waals surface area contributed by atoms with Crippen molar-refractivity contribution in [3.05, 3.63) is 64.0 Å². The predicted molar refractivity (Wildman–Crippen MR) is 93.6 cm³/mol. The maximum Gasteiger partial charge on any atom is 0.275 e. The normalized spacial score (nSPS) is 10.8. The smallest absolute Gasteiger partial charge is 0.275 e. The Bertz CT molecular complexity index is 871. The number of nitrogens with one attached hydrogen (secondary N) is 1. The number of halogens is 2. The van der Waals surface area contributed by atoms with E-state index in [0.717, 1.165) is 5.56 Å². The van der Waals surface area contributed by atoms with Gasteiger partial charge in [0.2, 0.25) is 0 Å². The fraction of sp³-hybridized carbons (Fsp3) is 0.188. The Kier molecular flexibility index (Phi) is 4.87. The van der Waals surface area contributed by atoms with Gasteiger partial charge in [0.05, 0.1) is 16.6 Å². The number of carbonyl (C=O) groups is 1. The summed E-state index contributed by atoms with van der Waals surface area (Å²) in [6.07, 6.45) is 3.39. The Morgan fingerprint density at radius 1 is 1.21 bits per heavy atom. The van der Waals surface area contributed by atoms with Gasteiger partial charge in [-0.2, -0.15) is 10.2 Å². The van der Waals surface area contributed by atoms with E-state index in [-0.39, 0.29) is 5.91 Å². The monoisotopic (exact) mass is 363 g/mol. The molecule has 1 N–H and O–H groups in total. The third-order valence-corrected chi connectivity index (χ3v) is 4.20. The molecule has 0 spiro atoms. The van der Waals surface area contributed by atoms with Gasteiger partial charge in [0.15, 0.2) is 5.82 Å². The average molecular weight is 364 g/mol. The molecule has 2 aromatic heterocycles.